The molecular formula is C14H28N4O. The highest BCUT2D eigenvalue weighted by atomic mass is 16.2. The van der Waals surface area contributed by atoms with Crippen LogP contribution in [0.3, 0.4) is 0 Å². The van der Waals surface area contributed by atoms with Gasteiger partial charge in [-0.2, -0.15) is 0 Å². The molecule has 2 N–H and O–H groups in total. The van der Waals surface area contributed by atoms with Gasteiger partial charge in [-0.25, -0.2) is 0 Å². The van der Waals surface area contributed by atoms with Gasteiger partial charge in [0.25, 0.3) is 0 Å². The highest BCUT2D eigenvalue weighted by molar-refractivity contribution is 5.82. The van der Waals surface area contributed by atoms with E-state index < -0.39 is 0 Å². The Kier molecular flexibility index (Phi) is 5.19. The van der Waals surface area contributed by atoms with Crippen molar-refractivity contribution >= 4 is 5.91 Å². The van der Waals surface area contributed by atoms with E-state index in [2.05, 4.69) is 36.3 Å². The predicted octanol–water partition coefficient (Wildman–Crippen LogP) is -0.263. The van der Waals surface area contributed by atoms with Gasteiger partial charge >= 0.3 is 0 Å². The second-order valence-corrected chi connectivity index (χ2v) is 6.29. The van der Waals surface area contributed by atoms with Gasteiger partial charge < -0.3 is 15.5 Å². The summed E-state index contributed by atoms with van der Waals surface area (Å²) >= 11 is 0. The molecule has 2 heterocycles. The molecule has 2 rings (SSSR count). The average Bonchev–Trinajstić information content (AvgIpc) is 2.39. The second kappa shape index (κ2) is 6.68. The first-order chi connectivity index (χ1) is 9.06. The van der Waals surface area contributed by atoms with Crippen LogP contribution in [0.25, 0.3) is 0 Å². The minimum Gasteiger partial charge on any atom is -0.339 e. The lowest BCUT2D eigenvalue weighted by Gasteiger charge is -2.38. The Labute approximate surface area is 116 Å². The zero-order valence-electron chi connectivity index (χ0n) is 12.5. The SMILES string of the molecule is CC(C)CN1CCN(C(=O)C2CNC(C)CN2)CC1. The topological polar surface area (TPSA) is 47.6 Å². The minimum atomic E-state index is -0.0344. The van der Waals surface area contributed by atoms with Crippen molar-refractivity contribution < 1.29 is 4.79 Å². The Hall–Kier alpha value is -0.650. The maximum Gasteiger partial charge on any atom is 0.241 e. The highest BCUT2D eigenvalue weighted by Gasteiger charge is 2.29. The summed E-state index contributed by atoms with van der Waals surface area (Å²) in [5, 5.41) is 6.71. The highest BCUT2D eigenvalue weighted by Crippen LogP contribution is 2.07. The Balaban J connectivity index is 1.76. The van der Waals surface area contributed by atoms with Gasteiger partial charge in [-0.3, -0.25) is 9.69 Å². The molecule has 19 heavy (non-hydrogen) atoms. The number of carbonyl (C=O) groups excluding carboxylic acids is 1. The molecule has 0 aliphatic carbocycles. The van der Waals surface area contributed by atoms with Crippen LogP contribution in [0.5, 0.6) is 0 Å². The maximum absolute atomic E-state index is 12.4. The normalized spacial score (nSPS) is 29.8. The van der Waals surface area contributed by atoms with Gasteiger partial charge in [0, 0.05) is 51.9 Å². The van der Waals surface area contributed by atoms with Gasteiger partial charge in [0.1, 0.15) is 0 Å². The van der Waals surface area contributed by atoms with E-state index in [1.165, 1.54) is 0 Å². The lowest BCUT2D eigenvalue weighted by Crippen LogP contribution is -2.61. The molecule has 2 atom stereocenters. The van der Waals surface area contributed by atoms with Crippen LogP contribution in [0, 0.1) is 5.92 Å². The van der Waals surface area contributed by atoms with Crippen LogP contribution in [0.2, 0.25) is 0 Å². The van der Waals surface area contributed by atoms with Crippen molar-refractivity contribution in [2.75, 3.05) is 45.8 Å². The van der Waals surface area contributed by atoms with E-state index >= 15 is 0 Å². The maximum atomic E-state index is 12.4. The van der Waals surface area contributed by atoms with E-state index in [-0.39, 0.29) is 11.9 Å². The third-order valence-corrected chi connectivity index (χ3v) is 3.95. The van der Waals surface area contributed by atoms with Crippen molar-refractivity contribution in [1.29, 1.82) is 0 Å². The molecule has 0 radical (unpaired) electrons. The van der Waals surface area contributed by atoms with Gasteiger partial charge in [-0.05, 0) is 12.8 Å². The smallest absolute Gasteiger partial charge is 0.241 e. The third kappa shape index (κ3) is 4.16. The molecule has 2 aliphatic heterocycles. The number of rotatable bonds is 3. The van der Waals surface area contributed by atoms with E-state index in [0.717, 1.165) is 45.8 Å². The molecule has 0 saturated carbocycles. The fourth-order valence-corrected chi connectivity index (χ4v) is 2.84. The van der Waals surface area contributed by atoms with Crippen LogP contribution in [0.15, 0.2) is 0 Å². The third-order valence-electron chi connectivity index (χ3n) is 3.95. The van der Waals surface area contributed by atoms with Crippen molar-refractivity contribution in [3.05, 3.63) is 0 Å². The molecule has 2 saturated heterocycles. The van der Waals surface area contributed by atoms with Crippen LogP contribution in [0.1, 0.15) is 20.8 Å². The van der Waals surface area contributed by atoms with Gasteiger partial charge in [0.15, 0.2) is 0 Å². The van der Waals surface area contributed by atoms with Crippen LogP contribution in [0.4, 0.5) is 0 Å². The molecule has 2 fully saturated rings. The molecule has 5 nitrogen and oxygen atoms in total. The summed E-state index contributed by atoms with van der Waals surface area (Å²) in [7, 11) is 0. The van der Waals surface area contributed by atoms with Crippen molar-refractivity contribution in [1.82, 2.24) is 20.4 Å². The summed E-state index contributed by atoms with van der Waals surface area (Å²) in [6.45, 7) is 13.2. The van der Waals surface area contributed by atoms with Gasteiger partial charge in [-0.15, -0.1) is 0 Å². The molecule has 0 aromatic carbocycles. The first kappa shape index (κ1) is 14.8. The Morgan fingerprint density at radius 3 is 2.37 bits per heavy atom. The van der Waals surface area contributed by atoms with Crippen molar-refractivity contribution in [3.8, 4) is 0 Å². The van der Waals surface area contributed by atoms with Crippen molar-refractivity contribution in [2.45, 2.75) is 32.9 Å². The Bertz CT molecular complexity index is 292. The predicted molar refractivity (Wildman–Crippen MR) is 77.1 cm³/mol. The quantitative estimate of drug-likeness (QED) is 0.740. The molecule has 0 aromatic heterocycles. The lowest BCUT2D eigenvalue weighted by atomic mass is 10.1. The zero-order chi connectivity index (χ0) is 13.8. The number of piperazine rings is 2. The summed E-state index contributed by atoms with van der Waals surface area (Å²) in [6.07, 6.45) is 0. The molecule has 110 valence electrons. The average molecular weight is 268 g/mol. The summed E-state index contributed by atoms with van der Waals surface area (Å²) < 4.78 is 0. The molecular weight excluding hydrogens is 240 g/mol. The molecule has 0 aromatic rings. The minimum absolute atomic E-state index is 0.0344. The van der Waals surface area contributed by atoms with Crippen molar-refractivity contribution in [3.63, 3.8) is 0 Å². The lowest BCUT2D eigenvalue weighted by molar-refractivity contribution is -0.135. The number of nitrogens with zero attached hydrogens (tertiary/aromatic N) is 2. The number of hydrogen-bond donors (Lipinski definition) is 2. The monoisotopic (exact) mass is 268 g/mol. The van der Waals surface area contributed by atoms with Crippen LogP contribution < -0.4 is 10.6 Å². The molecule has 5 heteroatoms. The number of amides is 1. The van der Waals surface area contributed by atoms with E-state index in [4.69, 9.17) is 0 Å². The van der Waals surface area contributed by atoms with Gasteiger partial charge in [0.2, 0.25) is 5.91 Å². The van der Waals surface area contributed by atoms with E-state index in [0.29, 0.717) is 12.0 Å². The number of hydrogen-bond acceptors (Lipinski definition) is 4. The first-order valence-electron chi connectivity index (χ1n) is 7.54. The van der Waals surface area contributed by atoms with Gasteiger partial charge in [0.05, 0.1) is 6.04 Å². The van der Waals surface area contributed by atoms with E-state index in [9.17, 15) is 4.79 Å². The summed E-state index contributed by atoms with van der Waals surface area (Å²) in [4.78, 5) is 16.9. The fraction of sp³-hybridized carbons (Fsp3) is 0.929. The van der Waals surface area contributed by atoms with Gasteiger partial charge in [-0.1, -0.05) is 13.8 Å². The summed E-state index contributed by atoms with van der Waals surface area (Å²) in [5.74, 6) is 0.969. The largest absolute Gasteiger partial charge is 0.339 e. The fourth-order valence-electron chi connectivity index (χ4n) is 2.84. The summed E-state index contributed by atoms with van der Waals surface area (Å²) in [6, 6.07) is 0.430. The molecule has 2 unspecified atom stereocenters. The van der Waals surface area contributed by atoms with E-state index in [1.54, 1.807) is 0 Å². The molecule has 0 bridgehead atoms. The standard InChI is InChI=1S/C14H28N4O/c1-11(2)10-17-4-6-18(7-5-17)14(19)13-9-15-12(3)8-16-13/h11-13,15-16H,4-10H2,1-3H3. The van der Waals surface area contributed by atoms with E-state index in [1.807, 2.05) is 4.90 Å². The Morgan fingerprint density at radius 1 is 1.16 bits per heavy atom. The Morgan fingerprint density at radius 2 is 1.84 bits per heavy atom. The van der Waals surface area contributed by atoms with Crippen LogP contribution >= 0.6 is 0 Å². The number of carbonyl (C=O) groups is 1. The van der Waals surface area contributed by atoms with Crippen LogP contribution in [-0.2, 0) is 4.79 Å². The molecule has 0 spiro atoms. The first-order valence-corrected chi connectivity index (χ1v) is 7.54. The zero-order valence-corrected chi connectivity index (χ0v) is 12.5. The number of nitrogens with one attached hydrogen (secondary N) is 2. The van der Waals surface area contributed by atoms with Crippen LogP contribution in [-0.4, -0.2) is 73.6 Å². The summed E-state index contributed by atoms with van der Waals surface area (Å²) in [5.41, 5.74) is 0. The molecule has 1 amide bonds. The molecule has 2 aliphatic rings. The van der Waals surface area contributed by atoms with Crippen molar-refractivity contribution in [2.24, 2.45) is 5.92 Å². The second-order valence-electron chi connectivity index (χ2n) is 6.29.